The lowest BCUT2D eigenvalue weighted by atomic mass is 10.1. The van der Waals surface area contributed by atoms with Crippen molar-refractivity contribution in [2.24, 2.45) is 0 Å². The molecule has 0 heterocycles. The van der Waals surface area contributed by atoms with Crippen molar-refractivity contribution in [2.45, 2.75) is 32.1 Å². The van der Waals surface area contributed by atoms with Crippen molar-refractivity contribution in [1.82, 2.24) is 0 Å². The summed E-state index contributed by atoms with van der Waals surface area (Å²) in [6, 6.07) is 5.68. The summed E-state index contributed by atoms with van der Waals surface area (Å²) in [7, 11) is 0. The summed E-state index contributed by atoms with van der Waals surface area (Å²) in [6.45, 7) is 0. The lowest BCUT2D eigenvalue weighted by Crippen LogP contribution is -1.89. The Labute approximate surface area is 107 Å². The van der Waals surface area contributed by atoms with Crippen LogP contribution in [0.2, 0.25) is 10.0 Å². The van der Waals surface area contributed by atoms with Gasteiger partial charge >= 0.3 is 0 Å². The smallest absolute Gasteiger partial charge is 0.0452 e. The number of hydrogen-bond donors (Lipinski definition) is 1. The second-order valence-corrected chi connectivity index (χ2v) is 4.85. The van der Waals surface area contributed by atoms with Crippen LogP contribution < -0.4 is 0 Å². The van der Waals surface area contributed by atoms with Gasteiger partial charge in [0.05, 0.1) is 0 Å². The fraction of sp³-hybridized carbons (Fsp3) is 0.500. The van der Waals surface area contributed by atoms with Crippen LogP contribution in [-0.4, -0.2) is 5.75 Å². The monoisotopic (exact) mass is 262 g/mol. The van der Waals surface area contributed by atoms with Gasteiger partial charge in [0.2, 0.25) is 0 Å². The summed E-state index contributed by atoms with van der Waals surface area (Å²) in [5, 5.41) is 1.58. The first kappa shape index (κ1) is 13.2. The number of halogens is 2. The van der Waals surface area contributed by atoms with Crippen LogP contribution in [0.15, 0.2) is 18.2 Å². The van der Waals surface area contributed by atoms with Crippen LogP contribution in [0.5, 0.6) is 0 Å². The van der Waals surface area contributed by atoms with Gasteiger partial charge < -0.3 is 0 Å². The number of benzene rings is 1. The third kappa shape index (κ3) is 4.67. The highest BCUT2D eigenvalue weighted by Crippen LogP contribution is 2.26. The first-order valence-corrected chi connectivity index (χ1v) is 6.68. The Kier molecular flexibility index (Phi) is 6.54. The predicted molar refractivity (Wildman–Crippen MR) is 72.5 cm³/mol. The normalized spacial score (nSPS) is 10.6. The lowest BCUT2D eigenvalue weighted by Gasteiger charge is -2.06. The van der Waals surface area contributed by atoms with E-state index in [0.29, 0.717) is 0 Å². The fourth-order valence-corrected chi connectivity index (χ4v) is 2.35. The summed E-state index contributed by atoms with van der Waals surface area (Å²) in [4.78, 5) is 0. The van der Waals surface area contributed by atoms with Crippen molar-refractivity contribution < 1.29 is 0 Å². The molecule has 0 aromatic heterocycles. The molecule has 1 rings (SSSR count). The Morgan fingerprint density at radius 2 is 1.53 bits per heavy atom. The third-order valence-electron chi connectivity index (χ3n) is 2.40. The molecule has 0 bridgehead atoms. The molecule has 0 unspecified atom stereocenters. The minimum Gasteiger partial charge on any atom is -0.179 e. The zero-order chi connectivity index (χ0) is 11.1. The molecule has 15 heavy (non-hydrogen) atoms. The molecule has 0 aliphatic heterocycles. The summed E-state index contributed by atoms with van der Waals surface area (Å²) in [5.41, 5.74) is 1.09. The van der Waals surface area contributed by atoms with Crippen LogP contribution in [0.3, 0.4) is 0 Å². The van der Waals surface area contributed by atoms with Crippen molar-refractivity contribution in [1.29, 1.82) is 0 Å². The van der Waals surface area contributed by atoms with E-state index in [9.17, 15) is 0 Å². The van der Waals surface area contributed by atoms with Gasteiger partial charge in [-0.3, -0.25) is 0 Å². The number of unbranched alkanes of at least 4 members (excludes halogenated alkanes) is 3. The Hall–Kier alpha value is 0.150. The van der Waals surface area contributed by atoms with Gasteiger partial charge in [-0.25, -0.2) is 0 Å². The first-order valence-electron chi connectivity index (χ1n) is 5.29. The Balaban J connectivity index is 2.37. The van der Waals surface area contributed by atoms with E-state index in [4.69, 9.17) is 23.2 Å². The summed E-state index contributed by atoms with van der Waals surface area (Å²) >= 11 is 16.3. The zero-order valence-corrected chi connectivity index (χ0v) is 11.1. The highest BCUT2D eigenvalue weighted by Gasteiger charge is 2.04. The predicted octanol–water partition coefficient (Wildman–Crippen LogP) is 5.03. The second-order valence-electron chi connectivity index (χ2n) is 3.59. The van der Waals surface area contributed by atoms with Crippen LogP contribution >= 0.6 is 35.8 Å². The molecule has 1 aromatic carbocycles. The maximum absolute atomic E-state index is 6.07. The van der Waals surface area contributed by atoms with E-state index in [1.54, 1.807) is 0 Å². The molecule has 0 radical (unpaired) electrons. The van der Waals surface area contributed by atoms with Crippen molar-refractivity contribution in [3.8, 4) is 0 Å². The molecular weight excluding hydrogens is 247 g/mol. The van der Waals surface area contributed by atoms with Gasteiger partial charge in [-0.15, -0.1) is 0 Å². The van der Waals surface area contributed by atoms with Gasteiger partial charge in [-0.1, -0.05) is 42.1 Å². The van der Waals surface area contributed by atoms with Crippen molar-refractivity contribution in [3.63, 3.8) is 0 Å². The maximum Gasteiger partial charge on any atom is 0.0452 e. The van der Waals surface area contributed by atoms with Gasteiger partial charge in [0.25, 0.3) is 0 Å². The van der Waals surface area contributed by atoms with E-state index in [2.05, 4.69) is 12.6 Å². The van der Waals surface area contributed by atoms with Crippen LogP contribution in [0.1, 0.15) is 31.2 Å². The molecular formula is C12H16Cl2S. The molecule has 84 valence electrons. The molecule has 0 amide bonds. The molecule has 0 saturated heterocycles. The van der Waals surface area contributed by atoms with E-state index in [0.717, 1.165) is 34.2 Å². The Bertz CT molecular complexity index is 279. The van der Waals surface area contributed by atoms with E-state index in [1.165, 1.54) is 19.3 Å². The van der Waals surface area contributed by atoms with Crippen molar-refractivity contribution >= 4 is 35.8 Å². The van der Waals surface area contributed by atoms with Crippen molar-refractivity contribution in [2.75, 3.05) is 5.75 Å². The molecule has 0 aliphatic carbocycles. The maximum atomic E-state index is 6.07. The molecule has 0 nitrogen and oxygen atoms in total. The highest BCUT2D eigenvalue weighted by atomic mass is 35.5. The molecule has 0 spiro atoms. The Morgan fingerprint density at radius 1 is 0.933 bits per heavy atom. The fourth-order valence-electron chi connectivity index (χ4n) is 1.54. The average molecular weight is 263 g/mol. The van der Waals surface area contributed by atoms with Crippen LogP contribution in [0.25, 0.3) is 0 Å². The average Bonchev–Trinajstić information content (AvgIpc) is 2.21. The number of rotatable bonds is 6. The molecule has 0 saturated carbocycles. The molecule has 0 aliphatic rings. The van der Waals surface area contributed by atoms with Crippen LogP contribution in [0, 0.1) is 0 Å². The van der Waals surface area contributed by atoms with Gasteiger partial charge in [0.15, 0.2) is 0 Å². The topological polar surface area (TPSA) is 0 Å². The summed E-state index contributed by atoms with van der Waals surface area (Å²) < 4.78 is 0. The number of thiol groups is 1. The summed E-state index contributed by atoms with van der Waals surface area (Å²) in [6.07, 6.45) is 5.79. The van der Waals surface area contributed by atoms with E-state index < -0.39 is 0 Å². The van der Waals surface area contributed by atoms with Gasteiger partial charge in [-0.05, 0) is 42.7 Å². The van der Waals surface area contributed by atoms with Gasteiger partial charge in [-0.2, -0.15) is 12.6 Å². The molecule has 0 atom stereocenters. The first-order chi connectivity index (χ1) is 7.25. The van der Waals surface area contributed by atoms with Gasteiger partial charge in [0.1, 0.15) is 0 Å². The summed E-state index contributed by atoms with van der Waals surface area (Å²) in [5.74, 6) is 0.979. The lowest BCUT2D eigenvalue weighted by molar-refractivity contribution is 0.671. The molecule has 0 N–H and O–H groups in total. The second kappa shape index (κ2) is 7.43. The minimum absolute atomic E-state index is 0.789. The van der Waals surface area contributed by atoms with Gasteiger partial charge in [0, 0.05) is 10.0 Å². The van der Waals surface area contributed by atoms with Crippen LogP contribution in [0.4, 0.5) is 0 Å². The van der Waals surface area contributed by atoms with E-state index >= 15 is 0 Å². The SMILES string of the molecule is SCCCCCCc1c(Cl)cccc1Cl. The van der Waals surface area contributed by atoms with E-state index in [-0.39, 0.29) is 0 Å². The molecule has 3 heteroatoms. The highest BCUT2D eigenvalue weighted by molar-refractivity contribution is 7.80. The quantitative estimate of drug-likeness (QED) is 0.540. The number of hydrogen-bond acceptors (Lipinski definition) is 1. The standard InChI is InChI=1S/C12H16Cl2S/c13-11-7-5-8-12(14)10(11)6-3-1-2-4-9-15/h5,7-8,15H,1-4,6,9H2. The zero-order valence-electron chi connectivity index (χ0n) is 8.68. The van der Waals surface area contributed by atoms with Crippen molar-refractivity contribution in [3.05, 3.63) is 33.8 Å². The van der Waals surface area contributed by atoms with E-state index in [1.807, 2.05) is 18.2 Å². The Morgan fingerprint density at radius 3 is 2.13 bits per heavy atom. The molecule has 0 fully saturated rings. The largest absolute Gasteiger partial charge is 0.179 e. The minimum atomic E-state index is 0.789. The van der Waals surface area contributed by atoms with Crippen LogP contribution in [-0.2, 0) is 6.42 Å². The molecule has 1 aromatic rings. The third-order valence-corrected chi connectivity index (χ3v) is 3.42.